The number of carboxylic acid groups (broad SMARTS) is 1. The number of morpholine rings is 1. The smallest absolute Gasteiger partial charge is 0.308 e. The number of hydrogen-bond donors (Lipinski definition) is 1. The number of carboxylic acids is 1. The molecule has 1 aliphatic heterocycles. The number of thiazole rings is 1. The lowest BCUT2D eigenvalue weighted by molar-refractivity contribution is -0.136. The molecule has 3 heterocycles. The van der Waals surface area contributed by atoms with Crippen molar-refractivity contribution in [3.05, 3.63) is 27.4 Å². The van der Waals surface area contributed by atoms with Crippen LogP contribution >= 0.6 is 22.7 Å². The zero-order valence-electron chi connectivity index (χ0n) is 11.6. The first-order chi connectivity index (χ1) is 10.1. The van der Waals surface area contributed by atoms with Gasteiger partial charge in [0, 0.05) is 23.3 Å². The lowest BCUT2D eigenvalue weighted by atomic mass is 10.3. The molecular formula is C14H16N2O3S2. The Labute approximate surface area is 130 Å². The van der Waals surface area contributed by atoms with Crippen molar-refractivity contribution < 1.29 is 14.6 Å². The molecule has 1 N–H and O–H groups in total. The number of aromatic nitrogens is 1. The first-order valence-electron chi connectivity index (χ1n) is 6.68. The van der Waals surface area contributed by atoms with Crippen LogP contribution in [0.3, 0.4) is 0 Å². The third-order valence-corrected chi connectivity index (χ3v) is 5.35. The van der Waals surface area contributed by atoms with Crippen LogP contribution in [-0.2, 0) is 16.0 Å². The van der Waals surface area contributed by atoms with E-state index in [0.717, 1.165) is 40.2 Å². The summed E-state index contributed by atoms with van der Waals surface area (Å²) in [7, 11) is 2.08. The predicted molar refractivity (Wildman–Crippen MR) is 83.0 cm³/mol. The van der Waals surface area contributed by atoms with Gasteiger partial charge in [-0.1, -0.05) is 0 Å². The number of rotatable bonds is 4. The molecule has 3 rings (SSSR count). The van der Waals surface area contributed by atoms with Crippen molar-refractivity contribution in [2.75, 3.05) is 26.7 Å². The number of hydrogen-bond acceptors (Lipinski definition) is 6. The maximum absolute atomic E-state index is 10.7. The molecule has 1 atom stereocenters. The van der Waals surface area contributed by atoms with E-state index in [1.54, 1.807) is 11.3 Å². The second-order valence-corrected chi connectivity index (χ2v) is 7.09. The molecule has 7 heteroatoms. The van der Waals surface area contributed by atoms with E-state index in [9.17, 15) is 4.79 Å². The van der Waals surface area contributed by atoms with Crippen LogP contribution in [0.5, 0.6) is 0 Å². The topological polar surface area (TPSA) is 62.7 Å². The average molecular weight is 324 g/mol. The largest absolute Gasteiger partial charge is 0.481 e. The Morgan fingerprint density at radius 3 is 3.19 bits per heavy atom. The molecule has 5 nitrogen and oxygen atoms in total. The molecule has 21 heavy (non-hydrogen) atoms. The standard InChI is InChI=1S/C14H16N2O3S2/c1-16-4-5-19-11(7-16)14-15-10(8-20-14)12-3-2-9(21-12)6-13(17)18/h2-3,8,11H,4-7H2,1H3,(H,17,18). The average Bonchev–Trinajstić information content (AvgIpc) is 3.06. The quantitative estimate of drug-likeness (QED) is 0.936. The molecule has 0 aliphatic carbocycles. The summed E-state index contributed by atoms with van der Waals surface area (Å²) >= 11 is 3.09. The molecule has 1 aliphatic rings. The third-order valence-electron chi connectivity index (χ3n) is 3.31. The molecule has 0 spiro atoms. The molecule has 1 fully saturated rings. The number of nitrogens with zero attached hydrogens (tertiary/aromatic N) is 2. The Bertz CT molecular complexity index is 638. The minimum atomic E-state index is -0.805. The third kappa shape index (κ3) is 3.49. The fourth-order valence-electron chi connectivity index (χ4n) is 2.24. The fraction of sp³-hybridized carbons (Fsp3) is 0.429. The van der Waals surface area contributed by atoms with Crippen LogP contribution in [0.4, 0.5) is 0 Å². The number of carbonyl (C=O) groups is 1. The van der Waals surface area contributed by atoms with Crippen LogP contribution in [0.15, 0.2) is 17.5 Å². The number of aliphatic carboxylic acids is 1. The van der Waals surface area contributed by atoms with Crippen LogP contribution in [0.1, 0.15) is 16.0 Å². The van der Waals surface area contributed by atoms with E-state index in [1.165, 1.54) is 11.3 Å². The molecule has 2 aromatic heterocycles. The van der Waals surface area contributed by atoms with Crippen molar-refractivity contribution in [2.24, 2.45) is 0 Å². The molecule has 1 saturated heterocycles. The highest BCUT2D eigenvalue weighted by atomic mass is 32.1. The zero-order valence-corrected chi connectivity index (χ0v) is 13.2. The van der Waals surface area contributed by atoms with E-state index in [0.29, 0.717) is 0 Å². The van der Waals surface area contributed by atoms with Crippen molar-refractivity contribution in [1.82, 2.24) is 9.88 Å². The Hall–Kier alpha value is -1.28. The van der Waals surface area contributed by atoms with Crippen LogP contribution in [-0.4, -0.2) is 47.7 Å². The molecular weight excluding hydrogens is 308 g/mol. The highest BCUT2D eigenvalue weighted by Gasteiger charge is 2.22. The minimum Gasteiger partial charge on any atom is -0.481 e. The van der Waals surface area contributed by atoms with E-state index in [1.807, 2.05) is 17.5 Å². The van der Waals surface area contributed by atoms with Gasteiger partial charge in [-0.05, 0) is 19.2 Å². The SMILES string of the molecule is CN1CCOC(c2nc(-c3ccc(CC(=O)O)s3)cs2)C1. The van der Waals surface area contributed by atoms with Crippen LogP contribution in [0.2, 0.25) is 0 Å². The molecule has 0 saturated carbocycles. The predicted octanol–water partition coefficient (Wildman–Crippen LogP) is 2.50. The van der Waals surface area contributed by atoms with Gasteiger partial charge < -0.3 is 14.7 Å². The monoisotopic (exact) mass is 324 g/mol. The summed E-state index contributed by atoms with van der Waals surface area (Å²) in [6.45, 7) is 2.55. The summed E-state index contributed by atoms with van der Waals surface area (Å²) < 4.78 is 5.77. The van der Waals surface area contributed by atoms with Gasteiger partial charge in [0.05, 0.1) is 23.6 Å². The second-order valence-electron chi connectivity index (χ2n) is 5.03. The van der Waals surface area contributed by atoms with Crippen molar-refractivity contribution in [3.63, 3.8) is 0 Å². The Balaban J connectivity index is 1.75. The van der Waals surface area contributed by atoms with Crippen LogP contribution in [0.25, 0.3) is 10.6 Å². The van der Waals surface area contributed by atoms with Gasteiger partial charge >= 0.3 is 5.97 Å². The number of likely N-dealkylation sites (N-methyl/N-ethyl adjacent to an activating group) is 1. The molecule has 0 radical (unpaired) electrons. The van der Waals surface area contributed by atoms with Crippen molar-refractivity contribution in [2.45, 2.75) is 12.5 Å². The zero-order chi connectivity index (χ0) is 14.8. The maximum Gasteiger partial charge on any atom is 0.308 e. The maximum atomic E-state index is 10.7. The fourth-order valence-corrected chi connectivity index (χ4v) is 4.13. The highest BCUT2D eigenvalue weighted by molar-refractivity contribution is 7.16. The van der Waals surface area contributed by atoms with Gasteiger partial charge in [-0.3, -0.25) is 4.79 Å². The van der Waals surface area contributed by atoms with E-state index in [2.05, 4.69) is 16.9 Å². The van der Waals surface area contributed by atoms with E-state index < -0.39 is 5.97 Å². The number of ether oxygens (including phenoxy) is 1. The lowest BCUT2D eigenvalue weighted by Crippen LogP contribution is -2.35. The lowest BCUT2D eigenvalue weighted by Gasteiger charge is -2.28. The van der Waals surface area contributed by atoms with Gasteiger partial charge in [-0.15, -0.1) is 22.7 Å². The first-order valence-corrected chi connectivity index (χ1v) is 8.38. The Morgan fingerprint density at radius 2 is 2.43 bits per heavy atom. The van der Waals surface area contributed by atoms with Crippen LogP contribution < -0.4 is 0 Å². The van der Waals surface area contributed by atoms with E-state index in [-0.39, 0.29) is 12.5 Å². The minimum absolute atomic E-state index is 0.0425. The van der Waals surface area contributed by atoms with Gasteiger partial charge in [-0.25, -0.2) is 4.98 Å². The van der Waals surface area contributed by atoms with Crippen molar-refractivity contribution in [1.29, 1.82) is 0 Å². The second kappa shape index (κ2) is 6.23. The summed E-state index contributed by atoms with van der Waals surface area (Å²) in [5, 5.41) is 11.8. The van der Waals surface area contributed by atoms with Crippen molar-refractivity contribution in [3.8, 4) is 10.6 Å². The van der Waals surface area contributed by atoms with Crippen LogP contribution in [0, 0.1) is 0 Å². The van der Waals surface area contributed by atoms with Gasteiger partial charge in [-0.2, -0.15) is 0 Å². The Morgan fingerprint density at radius 1 is 1.57 bits per heavy atom. The van der Waals surface area contributed by atoms with E-state index in [4.69, 9.17) is 9.84 Å². The van der Waals surface area contributed by atoms with Crippen molar-refractivity contribution >= 4 is 28.6 Å². The molecule has 0 aromatic carbocycles. The Kier molecular flexibility index (Phi) is 4.34. The summed E-state index contributed by atoms with van der Waals surface area (Å²) in [6, 6.07) is 3.80. The summed E-state index contributed by atoms with van der Waals surface area (Å²) in [5.41, 5.74) is 0.911. The van der Waals surface area contributed by atoms with Gasteiger partial charge in [0.25, 0.3) is 0 Å². The van der Waals surface area contributed by atoms with Gasteiger partial charge in [0.2, 0.25) is 0 Å². The summed E-state index contributed by atoms with van der Waals surface area (Å²) in [6.07, 6.45) is 0.110. The molecule has 112 valence electrons. The highest BCUT2D eigenvalue weighted by Crippen LogP contribution is 2.32. The summed E-state index contributed by atoms with van der Waals surface area (Å²) in [4.78, 5) is 19.5. The number of thiophene rings is 1. The normalized spacial score (nSPS) is 19.8. The molecule has 0 bridgehead atoms. The van der Waals surface area contributed by atoms with E-state index >= 15 is 0 Å². The van der Waals surface area contributed by atoms with Gasteiger partial charge in [0.1, 0.15) is 11.1 Å². The van der Waals surface area contributed by atoms with Gasteiger partial charge in [0.15, 0.2) is 0 Å². The summed E-state index contributed by atoms with van der Waals surface area (Å²) in [5.74, 6) is -0.805. The molecule has 0 amide bonds. The first kappa shape index (κ1) is 14.6. The molecule has 1 unspecified atom stereocenters. The molecule has 2 aromatic rings.